The van der Waals surface area contributed by atoms with Gasteiger partial charge in [0.15, 0.2) is 5.65 Å². The maximum Gasteiger partial charge on any atom is 0.340 e. The first-order valence-corrected chi connectivity index (χ1v) is 7.39. The molecule has 1 aromatic carbocycles. The maximum absolute atomic E-state index is 12.1. The van der Waals surface area contributed by atoms with Gasteiger partial charge in [-0.15, -0.1) is 0 Å². The van der Waals surface area contributed by atoms with Crippen molar-refractivity contribution in [3.8, 4) is 5.69 Å². The predicted molar refractivity (Wildman–Crippen MR) is 86.8 cm³/mol. The molecule has 0 aliphatic carbocycles. The van der Waals surface area contributed by atoms with Crippen molar-refractivity contribution < 1.29 is 9.53 Å². The number of esters is 1. The number of halogens is 1. The molecule has 0 unspecified atom stereocenters. The van der Waals surface area contributed by atoms with E-state index in [1.165, 1.54) is 6.33 Å². The second-order valence-corrected chi connectivity index (χ2v) is 6.42. The molecule has 6 nitrogen and oxygen atoms in total. The average molecular weight is 331 g/mol. The van der Waals surface area contributed by atoms with Crippen molar-refractivity contribution in [2.45, 2.75) is 26.4 Å². The van der Waals surface area contributed by atoms with E-state index >= 15 is 0 Å². The van der Waals surface area contributed by atoms with E-state index in [1.54, 1.807) is 35.3 Å². The van der Waals surface area contributed by atoms with Gasteiger partial charge in [0.05, 0.1) is 22.5 Å². The molecule has 0 N–H and O–H groups in total. The van der Waals surface area contributed by atoms with Crippen molar-refractivity contribution in [3.63, 3.8) is 0 Å². The van der Waals surface area contributed by atoms with Crippen molar-refractivity contribution in [1.29, 1.82) is 0 Å². The molecule has 0 radical (unpaired) electrons. The number of ether oxygens (including phenoxy) is 1. The van der Waals surface area contributed by atoms with E-state index in [0.29, 0.717) is 21.7 Å². The number of hydrogen-bond acceptors (Lipinski definition) is 5. The summed E-state index contributed by atoms with van der Waals surface area (Å²) in [6.45, 7) is 5.43. The lowest BCUT2D eigenvalue weighted by Crippen LogP contribution is -2.24. The molecule has 3 aromatic rings. The molecule has 3 rings (SSSR count). The van der Waals surface area contributed by atoms with Gasteiger partial charge in [0.1, 0.15) is 23.8 Å². The molecular formula is C16H15ClN4O2. The number of carbonyl (C=O) groups excluding carboxylic acids is 1. The van der Waals surface area contributed by atoms with Gasteiger partial charge in [-0.05, 0) is 39.0 Å². The SMILES string of the molecule is CC(C)(C)OC(=O)c1ccc(-n2cnc3cncnc32)cc1Cl. The molecule has 2 heterocycles. The zero-order valence-corrected chi connectivity index (χ0v) is 13.7. The van der Waals surface area contributed by atoms with Gasteiger partial charge in [0.2, 0.25) is 0 Å². The molecular weight excluding hydrogens is 316 g/mol. The Kier molecular flexibility index (Phi) is 3.77. The fourth-order valence-electron chi connectivity index (χ4n) is 2.11. The summed E-state index contributed by atoms with van der Waals surface area (Å²) in [6, 6.07) is 5.09. The Morgan fingerprint density at radius 1 is 1.26 bits per heavy atom. The van der Waals surface area contributed by atoms with Crippen molar-refractivity contribution >= 4 is 28.7 Å². The van der Waals surface area contributed by atoms with E-state index in [4.69, 9.17) is 16.3 Å². The van der Waals surface area contributed by atoms with Crippen LogP contribution in [0.1, 0.15) is 31.1 Å². The number of hydrogen-bond donors (Lipinski definition) is 0. The van der Waals surface area contributed by atoms with Crippen LogP contribution in [0.4, 0.5) is 0 Å². The van der Waals surface area contributed by atoms with Gasteiger partial charge >= 0.3 is 5.97 Å². The highest BCUT2D eigenvalue weighted by molar-refractivity contribution is 6.33. The molecule has 0 saturated carbocycles. The standard InChI is InChI=1S/C16H15ClN4O2/c1-16(2,3)23-15(22)11-5-4-10(6-12(11)17)21-9-20-13-7-18-8-19-14(13)21/h4-9H,1-3H3. The third kappa shape index (κ3) is 3.17. The van der Waals surface area contributed by atoms with Crippen molar-refractivity contribution in [2.24, 2.45) is 0 Å². The highest BCUT2D eigenvalue weighted by Crippen LogP contribution is 2.24. The molecule has 0 aliphatic rings. The van der Waals surface area contributed by atoms with Crippen LogP contribution >= 0.6 is 11.6 Å². The van der Waals surface area contributed by atoms with Crippen LogP contribution in [0.2, 0.25) is 5.02 Å². The zero-order chi connectivity index (χ0) is 16.6. The third-order valence-corrected chi connectivity index (χ3v) is 3.38. The molecule has 0 amide bonds. The molecule has 23 heavy (non-hydrogen) atoms. The number of benzene rings is 1. The molecule has 0 atom stereocenters. The van der Waals surface area contributed by atoms with Crippen molar-refractivity contribution in [3.05, 3.63) is 47.6 Å². The maximum atomic E-state index is 12.1. The number of fused-ring (bicyclic) bond motifs is 1. The first kappa shape index (κ1) is 15.4. The number of nitrogens with zero attached hydrogens (tertiary/aromatic N) is 4. The van der Waals surface area contributed by atoms with Gasteiger partial charge in [-0.3, -0.25) is 4.57 Å². The number of rotatable bonds is 2. The Labute approximate surface area is 138 Å². The van der Waals surface area contributed by atoms with Crippen LogP contribution in [0.3, 0.4) is 0 Å². The summed E-state index contributed by atoms with van der Waals surface area (Å²) < 4.78 is 7.12. The summed E-state index contributed by atoms with van der Waals surface area (Å²) in [6.07, 6.45) is 4.73. The lowest BCUT2D eigenvalue weighted by Gasteiger charge is -2.20. The lowest BCUT2D eigenvalue weighted by atomic mass is 10.1. The minimum atomic E-state index is -0.573. The smallest absolute Gasteiger partial charge is 0.340 e. The van der Waals surface area contributed by atoms with Crippen LogP contribution in [-0.4, -0.2) is 31.1 Å². The fourth-order valence-corrected chi connectivity index (χ4v) is 2.36. The fraction of sp³-hybridized carbons (Fsp3) is 0.250. The summed E-state index contributed by atoms with van der Waals surface area (Å²) in [4.78, 5) is 24.5. The van der Waals surface area contributed by atoms with Crippen LogP contribution in [0, 0.1) is 0 Å². The quantitative estimate of drug-likeness (QED) is 0.673. The summed E-state index contributed by atoms with van der Waals surface area (Å²) in [5.41, 5.74) is 1.85. The summed E-state index contributed by atoms with van der Waals surface area (Å²) in [5.74, 6) is -0.452. The van der Waals surface area contributed by atoms with Gasteiger partial charge in [-0.25, -0.2) is 19.7 Å². The normalized spacial score (nSPS) is 11.7. The van der Waals surface area contributed by atoms with Gasteiger partial charge in [0.25, 0.3) is 0 Å². The topological polar surface area (TPSA) is 69.9 Å². The Morgan fingerprint density at radius 3 is 2.74 bits per heavy atom. The van der Waals surface area contributed by atoms with Crippen LogP contribution in [-0.2, 0) is 4.74 Å². The molecule has 2 aromatic heterocycles. The average Bonchev–Trinajstić information content (AvgIpc) is 2.89. The Morgan fingerprint density at radius 2 is 2.04 bits per heavy atom. The first-order valence-electron chi connectivity index (χ1n) is 7.01. The zero-order valence-electron chi connectivity index (χ0n) is 12.9. The lowest BCUT2D eigenvalue weighted by molar-refractivity contribution is 0.00698. The highest BCUT2D eigenvalue weighted by atomic mass is 35.5. The van der Waals surface area contributed by atoms with Gasteiger partial charge in [-0.2, -0.15) is 0 Å². The van der Waals surface area contributed by atoms with Crippen LogP contribution < -0.4 is 0 Å². The Hall–Kier alpha value is -2.47. The van der Waals surface area contributed by atoms with Crippen LogP contribution in [0.15, 0.2) is 37.1 Å². The van der Waals surface area contributed by atoms with E-state index in [1.807, 2.05) is 20.8 Å². The molecule has 0 aliphatic heterocycles. The summed E-state index contributed by atoms with van der Waals surface area (Å²) >= 11 is 6.25. The van der Waals surface area contributed by atoms with Crippen molar-refractivity contribution in [2.75, 3.05) is 0 Å². The largest absolute Gasteiger partial charge is 0.456 e. The van der Waals surface area contributed by atoms with Gasteiger partial charge in [-0.1, -0.05) is 11.6 Å². The van der Waals surface area contributed by atoms with Gasteiger partial charge < -0.3 is 4.74 Å². The second kappa shape index (κ2) is 5.62. The first-order chi connectivity index (χ1) is 10.8. The van der Waals surface area contributed by atoms with E-state index in [9.17, 15) is 4.79 Å². The molecule has 7 heteroatoms. The number of aromatic nitrogens is 4. The van der Waals surface area contributed by atoms with E-state index in [-0.39, 0.29) is 0 Å². The van der Waals surface area contributed by atoms with Crippen molar-refractivity contribution in [1.82, 2.24) is 19.5 Å². The van der Waals surface area contributed by atoms with Crippen LogP contribution in [0.25, 0.3) is 16.9 Å². The summed E-state index contributed by atoms with van der Waals surface area (Å²) in [5, 5.41) is 0.313. The number of carbonyl (C=O) groups is 1. The molecule has 0 fully saturated rings. The Bertz CT molecular complexity index is 883. The van der Waals surface area contributed by atoms with E-state index in [0.717, 1.165) is 5.69 Å². The van der Waals surface area contributed by atoms with Gasteiger partial charge in [0, 0.05) is 0 Å². The predicted octanol–water partition coefficient (Wildman–Crippen LogP) is 3.42. The molecule has 118 valence electrons. The third-order valence-electron chi connectivity index (χ3n) is 3.06. The second-order valence-electron chi connectivity index (χ2n) is 6.01. The minimum absolute atomic E-state index is 0.313. The van der Waals surface area contributed by atoms with E-state index in [2.05, 4.69) is 15.0 Å². The summed E-state index contributed by atoms with van der Waals surface area (Å²) in [7, 11) is 0. The minimum Gasteiger partial charge on any atom is -0.456 e. The van der Waals surface area contributed by atoms with Crippen LogP contribution in [0.5, 0.6) is 0 Å². The highest BCUT2D eigenvalue weighted by Gasteiger charge is 2.20. The Balaban J connectivity index is 1.98. The number of imidazole rings is 1. The monoisotopic (exact) mass is 330 g/mol. The molecule has 0 saturated heterocycles. The van der Waals surface area contributed by atoms with E-state index < -0.39 is 11.6 Å². The molecule has 0 spiro atoms. The molecule has 0 bridgehead atoms.